The molecule has 0 N–H and O–H groups in total. The summed E-state index contributed by atoms with van der Waals surface area (Å²) in [4.78, 5) is 5.09. The Morgan fingerprint density at radius 3 is 2.23 bits per heavy atom. The quantitative estimate of drug-likeness (QED) is 0.852. The molecule has 2 aromatic rings. The molecule has 2 fully saturated rings. The first-order valence-corrected chi connectivity index (χ1v) is 8.91. The van der Waals surface area contributed by atoms with Crippen LogP contribution in [-0.4, -0.2) is 36.0 Å². The first-order chi connectivity index (χ1) is 10.8. The average molecular weight is 316 g/mol. The Bertz CT molecular complexity index is 614. The van der Waals surface area contributed by atoms with Crippen molar-refractivity contribution in [2.24, 2.45) is 11.8 Å². The highest BCUT2D eigenvalue weighted by molar-refractivity contribution is 7.07. The van der Waals surface area contributed by atoms with Crippen LogP contribution >= 0.6 is 11.3 Å². The largest absolute Gasteiger partial charge is 0.298 e. The third-order valence-electron chi connectivity index (χ3n) is 4.92. The lowest BCUT2D eigenvalue weighted by atomic mass is 10.0. The third kappa shape index (κ3) is 3.09. The van der Waals surface area contributed by atoms with Gasteiger partial charge in [0.2, 0.25) is 0 Å². The topological polar surface area (TPSA) is 6.48 Å². The van der Waals surface area contributed by atoms with Gasteiger partial charge in [0.1, 0.15) is 5.82 Å². The van der Waals surface area contributed by atoms with Crippen molar-refractivity contribution in [3.8, 4) is 0 Å². The van der Waals surface area contributed by atoms with Crippen LogP contribution in [0.1, 0.15) is 11.1 Å². The van der Waals surface area contributed by atoms with Crippen LogP contribution in [0.15, 0.2) is 41.1 Å². The molecule has 2 unspecified atom stereocenters. The summed E-state index contributed by atoms with van der Waals surface area (Å²) in [5.41, 5.74) is 2.54. The number of fused-ring (bicyclic) bond motifs is 1. The summed E-state index contributed by atoms with van der Waals surface area (Å²) in [6, 6.07) is 9.25. The molecule has 3 heterocycles. The predicted octanol–water partition coefficient (Wildman–Crippen LogP) is 3.45. The van der Waals surface area contributed by atoms with Crippen molar-refractivity contribution in [1.29, 1.82) is 0 Å². The molecular weight excluding hydrogens is 295 g/mol. The van der Waals surface area contributed by atoms with Gasteiger partial charge < -0.3 is 0 Å². The molecule has 116 valence electrons. The van der Waals surface area contributed by atoms with E-state index in [-0.39, 0.29) is 5.82 Å². The summed E-state index contributed by atoms with van der Waals surface area (Å²) >= 11 is 1.78. The molecule has 2 nitrogen and oxygen atoms in total. The molecule has 0 amide bonds. The molecule has 0 aliphatic carbocycles. The van der Waals surface area contributed by atoms with Crippen molar-refractivity contribution in [3.05, 3.63) is 58.0 Å². The summed E-state index contributed by atoms with van der Waals surface area (Å²) in [6.07, 6.45) is 0. The van der Waals surface area contributed by atoms with Crippen molar-refractivity contribution in [1.82, 2.24) is 9.80 Å². The van der Waals surface area contributed by atoms with E-state index in [1.54, 1.807) is 17.4 Å². The molecule has 0 bridgehead atoms. The molecular formula is C18H21FN2S. The van der Waals surface area contributed by atoms with Crippen molar-refractivity contribution >= 4 is 11.3 Å². The van der Waals surface area contributed by atoms with E-state index in [2.05, 4.69) is 26.6 Å². The second kappa shape index (κ2) is 6.11. The maximum atomic E-state index is 13.3. The van der Waals surface area contributed by atoms with Gasteiger partial charge in [-0.3, -0.25) is 9.80 Å². The van der Waals surface area contributed by atoms with Gasteiger partial charge in [0.05, 0.1) is 0 Å². The highest BCUT2D eigenvalue weighted by atomic mass is 32.1. The second-order valence-electron chi connectivity index (χ2n) is 6.67. The molecule has 1 aromatic heterocycles. The van der Waals surface area contributed by atoms with E-state index in [0.29, 0.717) is 0 Å². The number of likely N-dealkylation sites (tertiary alicyclic amines) is 2. The van der Waals surface area contributed by atoms with Gasteiger partial charge >= 0.3 is 0 Å². The standard InChI is InChI=1S/C18H21FN2S/c19-18-3-1-2-14(6-18)7-20-9-16-11-21(12-17(16)10-20)8-15-4-5-22-13-15/h1-6,13,16-17H,7-12H2. The van der Waals surface area contributed by atoms with Gasteiger partial charge in [-0.1, -0.05) is 12.1 Å². The van der Waals surface area contributed by atoms with Crippen LogP contribution in [0.4, 0.5) is 4.39 Å². The number of halogens is 1. The third-order valence-corrected chi connectivity index (χ3v) is 5.65. The van der Waals surface area contributed by atoms with Crippen molar-refractivity contribution in [2.75, 3.05) is 26.2 Å². The van der Waals surface area contributed by atoms with E-state index in [0.717, 1.165) is 43.6 Å². The van der Waals surface area contributed by atoms with Gasteiger partial charge in [0.25, 0.3) is 0 Å². The second-order valence-corrected chi connectivity index (χ2v) is 7.45. The number of benzene rings is 1. The maximum Gasteiger partial charge on any atom is 0.123 e. The minimum atomic E-state index is -0.126. The van der Waals surface area contributed by atoms with Gasteiger partial charge in [0.15, 0.2) is 0 Å². The molecule has 2 aliphatic heterocycles. The van der Waals surface area contributed by atoms with Gasteiger partial charge in [-0.05, 0) is 51.9 Å². The zero-order valence-electron chi connectivity index (χ0n) is 12.6. The number of hydrogen-bond donors (Lipinski definition) is 0. The van der Waals surface area contributed by atoms with E-state index in [4.69, 9.17) is 0 Å². The Morgan fingerprint density at radius 1 is 0.955 bits per heavy atom. The number of thiophene rings is 1. The Balaban J connectivity index is 1.32. The molecule has 4 heteroatoms. The zero-order chi connectivity index (χ0) is 14.9. The molecule has 4 rings (SSSR count). The highest BCUT2D eigenvalue weighted by Crippen LogP contribution is 2.32. The Morgan fingerprint density at radius 2 is 1.64 bits per heavy atom. The van der Waals surface area contributed by atoms with Crippen LogP contribution in [0.5, 0.6) is 0 Å². The van der Waals surface area contributed by atoms with Crippen molar-refractivity contribution < 1.29 is 4.39 Å². The molecule has 2 aliphatic rings. The first kappa shape index (κ1) is 14.4. The van der Waals surface area contributed by atoms with Crippen molar-refractivity contribution in [2.45, 2.75) is 13.1 Å². The summed E-state index contributed by atoms with van der Waals surface area (Å²) in [7, 11) is 0. The Hall–Kier alpha value is -1.23. The molecule has 2 saturated heterocycles. The summed E-state index contributed by atoms with van der Waals surface area (Å²) in [5, 5.41) is 4.41. The highest BCUT2D eigenvalue weighted by Gasteiger charge is 2.39. The maximum absolute atomic E-state index is 13.3. The lowest BCUT2D eigenvalue weighted by Crippen LogP contribution is -2.28. The summed E-state index contributed by atoms with van der Waals surface area (Å²) in [6.45, 7) is 6.71. The predicted molar refractivity (Wildman–Crippen MR) is 88.3 cm³/mol. The van der Waals surface area contributed by atoms with Gasteiger partial charge in [-0.25, -0.2) is 4.39 Å². The molecule has 2 atom stereocenters. The molecule has 0 saturated carbocycles. The fourth-order valence-electron chi connectivity index (χ4n) is 3.98. The number of hydrogen-bond acceptors (Lipinski definition) is 3. The first-order valence-electron chi connectivity index (χ1n) is 7.96. The van der Waals surface area contributed by atoms with E-state index in [1.165, 1.54) is 24.7 Å². The number of nitrogens with zero attached hydrogens (tertiary/aromatic N) is 2. The van der Waals surface area contributed by atoms with Gasteiger partial charge in [0, 0.05) is 39.3 Å². The zero-order valence-corrected chi connectivity index (χ0v) is 13.4. The lowest BCUT2D eigenvalue weighted by Gasteiger charge is -2.21. The van der Waals surface area contributed by atoms with E-state index < -0.39 is 0 Å². The lowest BCUT2D eigenvalue weighted by molar-refractivity contribution is 0.246. The molecule has 22 heavy (non-hydrogen) atoms. The van der Waals surface area contributed by atoms with Gasteiger partial charge in [-0.15, -0.1) is 0 Å². The fourth-order valence-corrected chi connectivity index (χ4v) is 4.64. The van der Waals surface area contributed by atoms with E-state index >= 15 is 0 Å². The SMILES string of the molecule is Fc1cccc(CN2CC3CN(Cc4ccsc4)CC3C2)c1. The minimum Gasteiger partial charge on any atom is -0.298 e. The minimum absolute atomic E-state index is 0.126. The summed E-state index contributed by atoms with van der Waals surface area (Å²) < 4.78 is 13.3. The molecule has 1 aromatic carbocycles. The van der Waals surface area contributed by atoms with Crippen LogP contribution < -0.4 is 0 Å². The van der Waals surface area contributed by atoms with Gasteiger partial charge in [-0.2, -0.15) is 11.3 Å². The monoisotopic (exact) mass is 316 g/mol. The smallest absolute Gasteiger partial charge is 0.123 e. The van der Waals surface area contributed by atoms with Crippen LogP contribution in [0.25, 0.3) is 0 Å². The Kier molecular flexibility index (Phi) is 3.99. The van der Waals surface area contributed by atoms with E-state index in [9.17, 15) is 4.39 Å². The Labute approximate surface area is 135 Å². The van der Waals surface area contributed by atoms with E-state index in [1.807, 2.05) is 12.1 Å². The van der Waals surface area contributed by atoms with Crippen molar-refractivity contribution in [3.63, 3.8) is 0 Å². The molecule has 0 spiro atoms. The van der Waals surface area contributed by atoms with Crippen LogP contribution in [0.3, 0.4) is 0 Å². The van der Waals surface area contributed by atoms with Crippen LogP contribution in [0.2, 0.25) is 0 Å². The normalized spacial score (nSPS) is 25.7. The fraction of sp³-hybridized carbons (Fsp3) is 0.444. The number of rotatable bonds is 4. The average Bonchev–Trinajstić information content (AvgIpc) is 3.16. The molecule has 0 radical (unpaired) electrons. The van der Waals surface area contributed by atoms with Crippen LogP contribution in [-0.2, 0) is 13.1 Å². The van der Waals surface area contributed by atoms with Crippen LogP contribution in [0, 0.1) is 17.7 Å². The summed E-state index contributed by atoms with van der Waals surface area (Å²) in [5.74, 6) is 1.44.